The summed E-state index contributed by atoms with van der Waals surface area (Å²) in [5.74, 6) is -3.78. The first kappa shape index (κ1) is 11.8. The lowest BCUT2D eigenvalue weighted by Crippen LogP contribution is -2.29. The highest BCUT2D eigenvalue weighted by atomic mass is 19.1. The molecule has 0 radical (unpaired) electrons. The Morgan fingerprint density at radius 3 is 2.68 bits per heavy atom. The van der Waals surface area contributed by atoms with E-state index in [-0.39, 0.29) is 23.2 Å². The van der Waals surface area contributed by atoms with Crippen LogP contribution in [0.25, 0.3) is 0 Å². The molecule has 1 saturated carbocycles. The van der Waals surface area contributed by atoms with Crippen LogP contribution in [-0.4, -0.2) is 26.8 Å². The van der Waals surface area contributed by atoms with Gasteiger partial charge in [-0.15, -0.1) is 0 Å². The Bertz CT molecular complexity index is 687. The van der Waals surface area contributed by atoms with Gasteiger partial charge < -0.3 is 10.1 Å². The van der Waals surface area contributed by atoms with Gasteiger partial charge in [0.2, 0.25) is 5.78 Å². The van der Waals surface area contributed by atoms with Crippen LogP contribution in [0, 0.1) is 11.9 Å². The number of aromatic nitrogens is 2. The molecule has 1 atom stereocenters. The number of Topliss-reactive ketones (excluding diaryl/α,β-unsaturated/α-hetero) is 1. The molecule has 0 spiro atoms. The van der Waals surface area contributed by atoms with Crippen molar-refractivity contribution in [3.63, 3.8) is 0 Å². The van der Waals surface area contributed by atoms with Crippen molar-refractivity contribution in [3.05, 3.63) is 39.3 Å². The van der Waals surface area contributed by atoms with Crippen molar-refractivity contribution >= 4 is 11.8 Å². The van der Waals surface area contributed by atoms with Crippen LogP contribution in [0.2, 0.25) is 0 Å². The quantitative estimate of drug-likeness (QED) is 0.762. The summed E-state index contributed by atoms with van der Waals surface area (Å²) in [5.41, 5.74) is -1.48. The van der Waals surface area contributed by atoms with Gasteiger partial charge in [0.15, 0.2) is 0 Å². The molecular formula is C12H9FN2O4. The van der Waals surface area contributed by atoms with E-state index >= 15 is 0 Å². The Balaban J connectivity index is 2.22. The van der Waals surface area contributed by atoms with Crippen molar-refractivity contribution in [2.45, 2.75) is 18.8 Å². The number of halogens is 1. The number of ketones is 1. The number of hydrogen-bond acceptors (Lipinski definition) is 4. The zero-order chi connectivity index (χ0) is 13.7. The van der Waals surface area contributed by atoms with Crippen LogP contribution < -0.4 is 5.56 Å². The lowest BCUT2D eigenvalue weighted by molar-refractivity contribution is -0.132. The molecule has 19 heavy (non-hydrogen) atoms. The van der Waals surface area contributed by atoms with E-state index < -0.39 is 28.8 Å². The second kappa shape index (κ2) is 3.84. The molecule has 0 bridgehead atoms. The second-order valence-corrected chi connectivity index (χ2v) is 4.70. The largest absolute Gasteiger partial charge is 0.478 e. The maximum atomic E-state index is 13.2. The SMILES string of the molecule is O=C(O)C1=CC(C2CC2)c2[nH]c(=O)c(F)nc2C1=O. The molecule has 2 aliphatic carbocycles. The van der Waals surface area contributed by atoms with Crippen molar-refractivity contribution in [2.75, 3.05) is 0 Å². The van der Waals surface area contributed by atoms with Gasteiger partial charge in [0.05, 0.1) is 5.69 Å². The van der Waals surface area contributed by atoms with Crippen LogP contribution in [0.3, 0.4) is 0 Å². The molecule has 98 valence electrons. The molecule has 0 saturated heterocycles. The highest BCUT2D eigenvalue weighted by Crippen LogP contribution is 2.45. The third kappa shape index (κ3) is 1.78. The van der Waals surface area contributed by atoms with Crippen molar-refractivity contribution in [1.29, 1.82) is 0 Å². The van der Waals surface area contributed by atoms with Gasteiger partial charge in [-0.05, 0) is 18.8 Å². The Hall–Kier alpha value is -2.31. The minimum atomic E-state index is -1.37. The van der Waals surface area contributed by atoms with Gasteiger partial charge >= 0.3 is 11.5 Å². The topological polar surface area (TPSA) is 100 Å². The fourth-order valence-corrected chi connectivity index (χ4v) is 2.32. The monoisotopic (exact) mass is 264 g/mol. The maximum absolute atomic E-state index is 13.2. The summed E-state index contributed by atoms with van der Waals surface area (Å²) in [7, 11) is 0. The van der Waals surface area contributed by atoms with E-state index in [4.69, 9.17) is 5.11 Å². The van der Waals surface area contributed by atoms with Gasteiger partial charge in [0.25, 0.3) is 5.95 Å². The van der Waals surface area contributed by atoms with E-state index in [9.17, 15) is 18.8 Å². The highest BCUT2D eigenvalue weighted by Gasteiger charge is 2.40. The molecule has 3 rings (SSSR count). The molecule has 0 aliphatic heterocycles. The predicted octanol–water partition coefficient (Wildman–Crippen LogP) is 0.610. The van der Waals surface area contributed by atoms with Gasteiger partial charge in [-0.1, -0.05) is 6.08 Å². The third-order valence-electron chi connectivity index (χ3n) is 3.40. The molecule has 1 unspecified atom stereocenters. The van der Waals surface area contributed by atoms with Crippen LogP contribution in [0.1, 0.15) is 34.9 Å². The standard InChI is InChI=1S/C12H9FN2O4/c13-10-11(17)15-7-5(4-1-2-4)3-6(12(18)19)9(16)8(7)14-10/h3-5H,1-2H2,(H,15,17)(H,18,19). The number of carboxylic acids is 1. The number of nitrogens with zero attached hydrogens (tertiary/aromatic N) is 1. The number of allylic oxidation sites excluding steroid dienone is 1. The number of nitrogens with one attached hydrogen (secondary N) is 1. The molecule has 1 fully saturated rings. The van der Waals surface area contributed by atoms with Crippen LogP contribution in [0.5, 0.6) is 0 Å². The zero-order valence-electron chi connectivity index (χ0n) is 9.64. The van der Waals surface area contributed by atoms with Gasteiger partial charge in [-0.25, -0.2) is 9.78 Å². The number of aliphatic carboxylic acids is 1. The van der Waals surface area contributed by atoms with E-state index in [1.54, 1.807) is 0 Å². The van der Waals surface area contributed by atoms with Gasteiger partial charge in [-0.3, -0.25) is 9.59 Å². The molecule has 2 N–H and O–H groups in total. The molecule has 2 aliphatic rings. The summed E-state index contributed by atoms with van der Waals surface area (Å²) >= 11 is 0. The maximum Gasteiger partial charge on any atom is 0.339 e. The smallest absolute Gasteiger partial charge is 0.339 e. The fraction of sp³-hybridized carbons (Fsp3) is 0.333. The highest BCUT2D eigenvalue weighted by molar-refractivity contribution is 6.24. The van der Waals surface area contributed by atoms with E-state index in [2.05, 4.69) is 9.97 Å². The van der Waals surface area contributed by atoms with Crippen LogP contribution in [0.4, 0.5) is 4.39 Å². The summed E-state index contributed by atoms with van der Waals surface area (Å²) in [6.45, 7) is 0. The van der Waals surface area contributed by atoms with Crippen molar-refractivity contribution < 1.29 is 19.1 Å². The lowest BCUT2D eigenvalue weighted by Gasteiger charge is -2.20. The summed E-state index contributed by atoms with van der Waals surface area (Å²) in [5, 5.41) is 9.00. The number of carbonyl (C=O) groups is 2. The van der Waals surface area contributed by atoms with E-state index in [0.717, 1.165) is 12.8 Å². The number of rotatable bonds is 2. The average Bonchev–Trinajstić information content (AvgIpc) is 3.16. The second-order valence-electron chi connectivity index (χ2n) is 4.70. The predicted molar refractivity (Wildman–Crippen MR) is 60.3 cm³/mol. The lowest BCUT2D eigenvalue weighted by atomic mass is 9.86. The summed E-state index contributed by atoms with van der Waals surface area (Å²) in [6, 6.07) is 0. The zero-order valence-corrected chi connectivity index (χ0v) is 9.64. The first-order valence-corrected chi connectivity index (χ1v) is 5.78. The number of H-pyrrole nitrogens is 1. The summed E-state index contributed by atoms with van der Waals surface area (Å²) < 4.78 is 13.2. The Morgan fingerprint density at radius 2 is 2.11 bits per heavy atom. The van der Waals surface area contributed by atoms with Crippen molar-refractivity contribution in [1.82, 2.24) is 9.97 Å². The minimum Gasteiger partial charge on any atom is -0.478 e. The number of hydrogen-bond donors (Lipinski definition) is 2. The molecule has 1 aromatic rings. The molecule has 7 heteroatoms. The minimum absolute atomic E-state index is 0.170. The van der Waals surface area contributed by atoms with E-state index in [1.165, 1.54) is 6.08 Å². The number of aromatic amines is 1. The normalized spacial score (nSPS) is 21.8. The van der Waals surface area contributed by atoms with Crippen LogP contribution in [0.15, 0.2) is 16.4 Å². The molecule has 1 heterocycles. The Morgan fingerprint density at radius 1 is 1.42 bits per heavy atom. The number of fused-ring (bicyclic) bond motifs is 1. The van der Waals surface area contributed by atoms with Crippen LogP contribution >= 0.6 is 0 Å². The van der Waals surface area contributed by atoms with Crippen molar-refractivity contribution in [3.8, 4) is 0 Å². The summed E-state index contributed by atoms with van der Waals surface area (Å²) in [4.78, 5) is 39.8. The van der Waals surface area contributed by atoms with Gasteiger partial charge in [0, 0.05) is 5.92 Å². The Kier molecular flexibility index (Phi) is 2.38. The van der Waals surface area contributed by atoms with Crippen molar-refractivity contribution in [2.24, 2.45) is 5.92 Å². The average molecular weight is 264 g/mol. The van der Waals surface area contributed by atoms with Gasteiger partial charge in [0.1, 0.15) is 11.3 Å². The Labute approximate surface area is 106 Å². The number of carbonyl (C=O) groups excluding carboxylic acids is 1. The third-order valence-corrected chi connectivity index (χ3v) is 3.40. The molecule has 0 aromatic carbocycles. The summed E-state index contributed by atoms with van der Waals surface area (Å²) in [6.07, 6.45) is 3.09. The number of carboxylic acid groups (broad SMARTS) is 1. The first-order valence-electron chi connectivity index (χ1n) is 5.78. The molecule has 0 amide bonds. The fourth-order valence-electron chi connectivity index (χ4n) is 2.32. The molecule has 6 nitrogen and oxygen atoms in total. The van der Waals surface area contributed by atoms with E-state index in [0.29, 0.717) is 0 Å². The molecule has 1 aromatic heterocycles. The van der Waals surface area contributed by atoms with E-state index in [1.807, 2.05) is 0 Å². The molecular weight excluding hydrogens is 255 g/mol. The van der Waals surface area contributed by atoms with Gasteiger partial charge in [-0.2, -0.15) is 4.39 Å². The van der Waals surface area contributed by atoms with Crippen LogP contribution in [-0.2, 0) is 4.79 Å². The first-order chi connectivity index (χ1) is 8.99.